The molecule has 0 spiro atoms. The lowest BCUT2D eigenvalue weighted by Gasteiger charge is -1.96. The van der Waals surface area contributed by atoms with E-state index in [0.717, 1.165) is 6.07 Å². The SMILES string of the molecule is CC(=O)NCCC#Cc1cc(O)ccc1F. The van der Waals surface area contributed by atoms with E-state index >= 15 is 0 Å². The van der Waals surface area contributed by atoms with Gasteiger partial charge in [0.25, 0.3) is 0 Å². The normalized spacial score (nSPS) is 9.12. The summed E-state index contributed by atoms with van der Waals surface area (Å²) in [4.78, 5) is 10.5. The minimum atomic E-state index is -0.468. The second-order valence-corrected chi connectivity index (χ2v) is 3.20. The number of hydrogen-bond donors (Lipinski definition) is 2. The van der Waals surface area contributed by atoms with Crippen molar-refractivity contribution in [3.05, 3.63) is 29.6 Å². The summed E-state index contributed by atoms with van der Waals surface area (Å²) in [5.41, 5.74) is 0.155. The zero-order valence-corrected chi connectivity index (χ0v) is 8.88. The Kier molecular flexibility index (Phi) is 4.34. The van der Waals surface area contributed by atoms with E-state index in [-0.39, 0.29) is 17.2 Å². The van der Waals surface area contributed by atoms with Crippen LogP contribution in [0.25, 0.3) is 0 Å². The minimum absolute atomic E-state index is 0.0208. The highest BCUT2D eigenvalue weighted by molar-refractivity contribution is 5.72. The van der Waals surface area contributed by atoms with E-state index in [1.807, 2.05) is 0 Å². The lowest BCUT2D eigenvalue weighted by Crippen LogP contribution is -2.20. The van der Waals surface area contributed by atoms with Crippen LogP contribution in [0.3, 0.4) is 0 Å². The van der Waals surface area contributed by atoms with Gasteiger partial charge >= 0.3 is 0 Å². The van der Waals surface area contributed by atoms with Crippen molar-refractivity contribution in [2.75, 3.05) is 6.54 Å². The Labute approximate surface area is 93.3 Å². The molecule has 0 aliphatic rings. The maximum atomic E-state index is 13.1. The van der Waals surface area contributed by atoms with Gasteiger partial charge in [0, 0.05) is 19.9 Å². The van der Waals surface area contributed by atoms with Gasteiger partial charge in [-0.05, 0) is 18.2 Å². The highest BCUT2D eigenvalue weighted by Gasteiger charge is 1.98. The van der Waals surface area contributed by atoms with Crippen molar-refractivity contribution in [2.45, 2.75) is 13.3 Å². The number of rotatable bonds is 2. The zero-order chi connectivity index (χ0) is 12.0. The van der Waals surface area contributed by atoms with E-state index in [0.29, 0.717) is 13.0 Å². The third-order valence-electron chi connectivity index (χ3n) is 1.80. The number of hydrogen-bond acceptors (Lipinski definition) is 2. The molecule has 0 fully saturated rings. The van der Waals surface area contributed by atoms with Crippen LogP contribution in [0.5, 0.6) is 5.75 Å². The molecule has 84 valence electrons. The standard InChI is InChI=1S/C12H12FNO2/c1-9(15)14-7-3-2-4-10-8-11(16)5-6-12(10)13/h5-6,8,16H,3,7H2,1H3,(H,14,15). The van der Waals surface area contributed by atoms with Gasteiger partial charge in [-0.2, -0.15) is 0 Å². The fourth-order valence-corrected chi connectivity index (χ4v) is 1.07. The molecule has 0 heterocycles. The first-order valence-electron chi connectivity index (χ1n) is 4.81. The Bertz CT molecular complexity index is 446. The summed E-state index contributed by atoms with van der Waals surface area (Å²) in [6.45, 7) is 1.85. The fraction of sp³-hybridized carbons (Fsp3) is 0.250. The molecule has 1 rings (SSSR count). The monoisotopic (exact) mass is 221 g/mol. The largest absolute Gasteiger partial charge is 0.508 e. The molecule has 2 N–H and O–H groups in total. The Morgan fingerprint density at radius 2 is 2.31 bits per heavy atom. The van der Waals surface area contributed by atoms with Gasteiger partial charge < -0.3 is 10.4 Å². The molecular weight excluding hydrogens is 209 g/mol. The molecule has 0 radical (unpaired) electrons. The molecular formula is C12H12FNO2. The van der Waals surface area contributed by atoms with Crippen molar-refractivity contribution in [3.8, 4) is 17.6 Å². The van der Waals surface area contributed by atoms with Crippen molar-refractivity contribution >= 4 is 5.91 Å². The van der Waals surface area contributed by atoms with Gasteiger partial charge in [-0.1, -0.05) is 11.8 Å². The topological polar surface area (TPSA) is 49.3 Å². The summed E-state index contributed by atoms with van der Waals surface area (Å²) in [7, 11) is 0. The molecule has 16 heavy (non-hydrogen) atoms. The smallest absolute Gasteiger partial charge is 0.216 e. The molecule has 0 unspecified atom stereocenters. The summed E-state index contributed by atoms with van der Waals surface area (Å²) in [6, 6.07) is 3.69. The molecule has 3 nitrogen and oxygen atoms in total. The van der Waals surface area contributed by atoms with E-state index in [1.165, 1.54) is 19.1 Å². The Balaban J connectivity index is 2.56. The first-order chi connectivity index (χ1) is 7.59. The summed E-state index contributed by atoms with van der Waals surface area (Å²) in [5.74, 6) is 4.69. The molecule has 0 aliphatic heterocycles. The van der Waals surface area contributed by atoms with Crippen LogP contribution in [-0.4, -0.2) is 17.6 Å². The first kappa shape index (κ1) is 12.1. The van der Waals surface area contributed by atoms with E-state index in [2.05, 4.69) is 17.2 Å². The summed E-state index contributed by atoms with van der Waals surface area (Å²) >= 11 is 0. The van der Waals surface area contributed by atoms with Gasteiger partial charge in [-0.15, -0.1) is 0 Å². The number of amides is 1. The van der Waals surface area contributed by atoms with Crippen LogP contribution in [-0.2, 0) is 4.79 Å². The number of benzene rings is 1. The van der Waals surface area contributed by atoms with E-state index in [9.17, 15) is 9.18 Å². The van der Waals surface area contributed by atoms with Crippen molar-refractivity contribution in [1.29, 1.82) is 0 Å². The molecule has 0 aromatic heterocycles. The van der Waals surface area contributed by atoms with Crippen LogP contribution in [0, 0.1) is 17.7 Å². The lowest BCUT2D eigenvalue weighted by atomic mass is 10.2. The summed E-state index contributed by atoms with van der Waals surface area (Å²) < 4.78 is 13.1. The molecule has 1 aromatic rings. The Morgan fingerprint density at radius 3 is 3.00 bits per heavy atom. The van der Waals surface area contributed by atoms with E-state index < -0.39 is 5.82 Å². The number of carbonyl (C=O) groups is 1. The van der Waals surface area contributed by atoms with Crippen LogP contribution in [0.15, 0.2) is 18.2 Å². The zero-order valence-electron chi connectivity index (χ0n) is 8.88. The number of carbonyl (C=O) groups excluding carboxylic acids is 1. The average molecular weight is 221 g/mol. The van der Waals surface area contributed by atoms with Gasteiger partial charge in [0.2, 0.25) is 5.91 Å². The van der Waals surface area contributed by atoms with Crippen molar-refractivity contribution in [3.63, 3.8) is 0 Å². The predicted molar refractivity (Wildman–Crippen MR) is 58.2 cm³/mol. The van der Waals surface area contributed by atoms with E-state index in [1.54, 1.807) is 0 Å². The van der Waals surface area contributed by atoms with Crippen molar-refractivity contribution in [1.82, 2.24) is 5.32 Å². The maximum Gasteiger partial charge on any atom is 0.216 e. The molecule has 4 heteroatoms. The third kappa shape index (κ3) is 4.01. The average Bonchev–Trinajstić information content (AvgIpc) is 2.22. The number of phenolic OH excluding ortho intramolecular Hbond substituents is 1. The Hall–Kier alpha value is -2.02. The molecule has 0 saturated carbocycles. The van der Waals surface area contributed by atoms with Crippen molar-refractivity contribution in [2.24, 2.45) is 0 Å². The number of aromatic hydroxyl groups is 1. The lowest BCUT2D eigenvalue weighted by molar-refractivity contribution is -0.118. The van der Waals surface area contributed by atoms with Crippen LogP contribution < -0.4 is 5.32 Å². The highest BCUT2D eigenvalue weighted by atomic mass is 19.1. The van der Waals surface area contributed by atoms with Crippen LogP contribution in [0.1, 0.15) is 18.9 Å². The molecule has 1 aromatic carbocycles. The molecule has 0 bridgehead atoms. The second-order valence-electron chi connectivity index (χ2n) is 3.20. The van der Waals surface area contributed by atoms with Gasteiger partial charge in [0.15, 0.2) is 0 Å². The van der Waals surface area contributed by atoms with E-state index in [4.69, 9.17) is 5.11 Å². The minimum Gasteiger partial charge on any atom is -0.508 e. The summed E-state index contributed by atoms with van der Waals surface area (Å²) in [5, 5.41) is 11.7. The highest BCUT2D eigenvalue weighted by Crippen LogP contribution is 2.13. The fourth-order valence-electron chi connectivity index (χ4n) is 1.07. The summed E-state index contributed by atoms with van der Waals surface area (Å²) in [6.07, 6.45) is 0.439. The van der Waals surface area contributed by atoms with Gasteiger partial charge in [0.1, 0.15) is 11.6 Å². The van der Waals surface area contributed by atoms with Crippen LogP contribution in [0.4, 0.5) is 4.39 Å². The van der Waals surface area contributed by atoms with Crippen LogP contribution in [0.2, 0.25) is 0 Å². The van der Waals surface area contributed by atoms with Gasteiger partial charge in [0.05, 0.1) is 5.56 Å². The van der Waals surface area contributed by atoms with Gasteiger partial charge in [-0.25, -0.2) is 4.39 Å². The molecule has 1 amide bonds. The number of nitrogens with one attached hydrogen (secondary N) is 1. The number of halogens is 1. The van der Waals surface area contributed by atoms with Crippen molar-refractivity contribution < 1.29 is 14.3 Å². The first-order valence-corrected chi connectivity index (χ1v) is 4.81. The molecule has 0 aliphatic carbocycles. The number of phenols is 1. The quantitative estimate of drug-likeness (QED) is 0.586. The molecule has 0 saturated heterocycles. The second kappa shape index (κ2) is 5.76. The van der Waals surface area contributed by atoms with Gasteiger partial charge in [-0.3, -0.25) is 4.79 Å². The van der Waals surface area contributed by atoms with Crippen LogP contribution >= 0.6 is 0 Å². The third-order valence-corrected chi connectivity index (χ3v) is 1.80. The Morgan fingerprint density at radius 1 is 1.56 bits per heavy atom. The predicted octanol–water partition coefficient (Wildman–Crippen LogP) is 1.41. The molecule has 0 atom stereocenters. The maximum absolute atomic E-state index is 13.1.